The molecule has 176 valence electrons. The highest BCUT2D eigenvalue weighted by molar-refractivity contribution is 7.98. The van der Waals surface area contributed by atoms with Gasteiger partial charge in [0.2, 0.25) is 0 Å². The number of pyridine rings is 1. The van der Waals surface area contributed by atoms with Gasteiger partial charge in [-0.3, -0.25) is 4.79 Å². The van der Waals surface area contributed by atoms with Crippen LogP contribution in [0.4, 0.5) is 0 Å². The summed E-state index contributed by atoms with van der Waals surface area (Å²) in [6.45, 7) is 0. The lowest BCUT2D eigenvalue weighted by molar-refractivity contribution is 0.717. The van der Waals surface area contributed by atoms with Gasteiger partial charge in [0.1, 0.15) is 5.82 Å². The molecule has 1 unspecified atom stereocenters. The molecule has 35 heavy (non-hydrogen) atoms. The van der Waals surface area contributed by atoms with Gasteiger partial charge in [0.15, 0.2) is 5.16 Å². The van der Waals surface area contributed by atoms with E-state index >= 15 is 0 Å². The van der Waals surface area contributed by atoms with Gasteiger partial charge in [0.05, 0.1) is 11.4 Å². The third kappa shape index (κ3) is 4.38. The van der Waals surface area contributed by atoms with Crippen LogP contribution in [0, 0.1) is 0 Å². The van der Waals surface area contributed by atoms with E-state index in [-0.39, 0.29) is 11.5 Å². The van der Waals surface area contributed by atoms with Crippen molar-refractivity contribution in [3.05, 3.63) is 110 Å². The van der Waals surface area contributed by atoms with Crippen molar-refractivity contribution in [3.8, 4) is 11.1 Å². The molecule has 0 saturated heterocycles. The summed E-state index contributed by atoms with van der Waals surface area (Å²) in [5.41, 5.74) is 4.57. The Labute approximate surface area is 217 Å². The van der Waals surface area contributed by atoms with Gasteiger partial charge in [0, 0.05) is 35.6 Å². The molecule has 0 aliphatic heterocycles. The Morgan fingerprint density at radius 1 is 0.829 bits per heavy atom. The molecular formula is C27H22Cl2N4OS. The lowest BCUT2D eigenvalue weighted by atomic mass is 9.88. The van der Waals surface area contributed by atoms with Gasteiger partial charge >= 0.3 is 0 Å². The Balaban J connectivity index is 1.79. The highest BCUT2D eigenvalue weighted by Crippen LogP contribution is 2.36. The first-order chi connectivity index (χ1) is 16.9. The van der Waals surface area contributed by atoms with Crippen LogP contribution in [-0.2, 0) is 14.1 Å². The van der Waals surface area contributed by atoms with Crippen LogP contribution in [0.5, 0.6) is 0 Å². The zero-order valence-corrected chi connectivity index (χ0v) is 21.7. The van der Waals surface area contributed by atoms with Crippen molar-refractivity contribution in [1.82, 2.24) is 19.3 Å². The van der Waals surface area contributed by atoms with Gasteiger partial charge in [0.25, 0.3) is 5.56 Å². The second kappa shape index (κ2) is 9.53. The van der Waals surface area contributed by atoms with Crippen molar-refractivity contribution in [2.45, 2.75) is 11.1 Å². The maximum atomic E-state index is 12.8. The topological polar surface area (TPSA) is 52.7 Å². The number of fused-ring (bicyclic) bond motifs is 1. The summed E-state index contributed by atoms with van der Waals surface area (Å²) in [5, 5.41) is 12.0. The second-order valence-electron chi connectivity index (χ2n) is 8.33. The molecule has 0 spiro atoms. The quantitative estimate of drug-likeness (QED) is 0.247. The van der Waals surface area contributed by atoms with Crippen molar-refractivity contribution in [3.63, 3.8) is 0 Å². The summed E-state index contributed by atoms with van der Waals surface area (Å²) in [4.78, 5) is 12.8. The third-order valence-corrected chi connectivity index (χ3v) is 7.46. The highest BCUT2D eigenvalue weighted by Gasteiger charge is 2.24. The van der Waals surface area contributed by atoms with Gasteiger partial charge in [-0.05, 0) is 64.9 Å². The summed E-state index contributed by atoms with van der Waals surface area (Å²) in [7, 11) is 3.77. The molecule has 0 N–H and O–H groups in total. The standard InChI is InChI=1S/C27H22Cl2N4OS/c1-32-23-12-9-18(14-22(23)21(15-24(32)34)17-5-4-6-20(29)13-17)25(16-7-10-19(28)11-8-16)26-30-31-27(35-3)33(26)2/h4-15,25H,1-3H3. The normalized spacial score (nSPS) is 12.3. The van der Waals surface area contributed by atoms with Crippen LogP contribution in [0.1, 0.15) is 22.9 Å². The molecule has 0 aliphatic carbocycles. The summed E-state index contributed by atoms with van der Waals surface area (Å²) in [6, 6.07) is 23.2. The van der Waals surface area contributed by atoms with Crippen LogP contribution in [0.15, 0.2) is 82.7 Å². The minimum Gasteiger partial charge on any atom is -0.311 e. The van der Waals surface area contributed by atoms with E-state index in [1.54, 1.807) is 29.4 Å². The van der Waals surface area contributed by atoms with Crippen molar-refractivity contribution < 1.29 is 0 Å². The number of aryl methyl sites for hydroxylation is 1. The number of aromatic nitrogens is 4. The van der Waals surface area contributed by atoms with Gasteiger partial charge in [-0.2, -0.15) is 0 Å². The van der Waals surface area contributed by atoms with Crippen LogP contribution in [0.25, 0.3) is 22.0 Å². The third-order valence-electron chi connectivity index (χ3n) is 6.25. The minimum absolute atomic E-state index is 0.0765. The lowest BCUT2D eigenvalue weighted by Gasteiger charge is -2.20. The van der Waals surface area contributed by atoms with Crippen LogP contribution in [0.2, 0.25) is 10.0 Å². The number of nitrogens with zero attached hydrogens (tertiary/aromatic N) is 4. The second-order valence-corrected chi connectivity index (χ2v) is 9.98. The molecular weight excluding hydrogens is 499 g/mol. The van der Waals surface area contributed by atoms with Crippen molar-refractivity contribution in [1.29, 1.82) is 0 Å². The van der Waals surface area contributed by atoms with Crippen molar-refractivity contribution in [2.75, 3.05) is 6.26 Å². The predicted molar refractivity (Wildman–Crippen MR) is 145 cm³/mol. The molecule has 0 aliphatic rings. The summed E-state index contributed by atoms with van der Waals surface area (Å²) >= 11 is 14.0. The first-order valence-corrected chi connectivity index (χ1v) is 12.9. The molecule has 3 aromatic carbocycles. The molecule has 0 amide bonds. The number of benzene rings is 3. The Hall–Kier alpha value is -3.06. The Kier molecular flexibility index (Phi) is 6.45. The van der Waals surface area contributed by atoms with Crippen LogP contribution in [-0.4, -0.2) is 25.6 Å². The highest BCUT2D eigenvalue weighted by atomic mass is 35.5. The first-order valence-electron chi connectivity index (χ1n) is 11.0. The first kappa shape index (κ1) is 23.7. The fourth-order valence-electron chi connectivity index (χ4n) is 4.45. The lowest BCUT2D eigenvalue weighted by Crippen LogP contribution is -2.17. The van der Waals surface area contributed by atoms with Gasteiger partial charge in [-0.1, -0.05) is 65.3 Å². The number of rotatable bonds is 5. The number of halogens is 2. The number of thioether (sulfide) groups is 1. The Morgan fingerprint density at radius 3 is 2.26 bits per heavy atom. The minimum atomic E-state index is -0.181. The van der Waals surface area contributed by atoms with E-state index in [0.29, 0.717) is 10.0 Å². The smallest absolute Gasteiger partial charge is 0.251 e. The van der Waals surface area contributed by atoms with E-state index in [1.807, 2.05) is 72.5 Å². The zero-order chi connectivity index (χ0) is 24.7. The molecule has 5 rings (SSSR count). The average Bonchev–Trinajstić information content (AvgIpc) is 3.22. The zero-order valence-electron chi connectivity index (χ0n) is 19.4. The molecule has 5 nitrogen and oxygen atoms in total. The molecule has 0 saturated carbocycles. The number of hydrogen-bond acceptors (Lipinski definition) is 4. The maximum Gasteiger partial charge on any atom is 0.251 e. The van der Waals surface area contributed by atoms with Gasteiger partial charge in [-0.25, -0.2) is 0 Å². The SMILES string of the molecule is CSc1nnc(C(c2ccc(Cl)cc2)c2ccc3c(c2)c(-c2cccc(Cl)c2)cc(=O)n3C)n1C. The molecule has 2 aromatic heterocycles. The van der Waals surface area contributed by atoms with Gasteiger partial charge in [-0.15, -0.1) is 10.2 Å². The van der Waals surface area contributed by atoms with E-state index in [9.17, 15) is 4.79 Å². The summed E-state index contributed by atoms with van der Waals surface area (Å²) < 4.78 is 3.69. The van der Waals surface area contributed by atoms with Crippen molar-refractivity contribution >= 4 is 45.9 Å². The van der Waals surface area contributed by atoms with Gasteiger partial charge < -0.3 is 9.13 Å². The number of hydrogen-bond donors (Lipinski definition) is 0. The molecule has 1 atom stereocenters. The molecule has 5 aromatic rings. The van der Waals surface area contributed by atoms with E-state index < -0.39 is 0 Å². The predicted octanol–water partition coefficient (Wildman–Crippen LogP) is 6.54. The Morgan fingerprint density at radius 2 is 1.57 bits per heavy atom. The average molecular weight is 521 g/mol. The van der Waals surface area contributed by atoms with Crippen LogP contribution < -0.4 is 5.56 Å². The van der Waals surface area contributed by atoms with E-state index in [0.717, 1.165) is 44.1 Å². The van der Waals surface area contributed by atoms with E-state index in [2.05, 4.69) is 22.3 Å². The fraction of sp³-hybridized carbons (Fsp3) is 0.148. The van der Waals surface area contributed by atoms with Crippen LogP contribution in [0.3, 0.4) is 0 Å². The monoisotopic (exact) mass is 520 g/mol. The fourth-order valence-corrected chi connectivity index (χ4v) is 5.26. The molecule has 0 fully saturated rings. The molecule has 0 radical (unpaired) electrons. The van der Waals surface area contributed by atoms with Crippen molar-refractivity contribution in [2.24, 2.45) is 14.1 Å². The molecule has 2 heterocycles. The Bertz CT molecular complexity index is 1610. The molecule has 8 heteroatoms. The van der Waals surface area contributed by atoms with E-state index in [4.69, 9.17) is 23.2 Å². The largest absolute Gasteiger partial charge is 0.311 e. The van der Waals surface area contributed by atoms with Crippen LogP contribution >= 0.6 is 35.0 Å². The van der Waals surface area contributed by atoms with E-state index in [1.165, 1.54) is 0 Å². The maximum absolute atomic E-state index is 12.8. The molecule has 0 bridgehead atoms. The summed E-state index contributed by atoms with van der Waals surface area (Å²) in [6.07, 6.45) is 1.99. The summed E-state index contributed by atoms with van der Waals surface area (Å²) in [5.74, 6) is 0.643.